The number of carboxylic acid groups (broad SMARTS) is 1. The van der Waals surface area contributed by atoms with Crippen molar-refractivity contribution in [2.45, 2.75) is 148 Å². The molecule has 1 aromatic carbocycles. The topological polar surface area (TPSA) is 436 Å². The molecule has 20 N–H and O–H groups in total. The second-order valence-corrected chi connectivity index (χ2v) is 17.9. The predicted molar refractivity (Wildman–Crippen MR) is 262 cm³/mol. The lowest BCUT2D eigenvalue weighted by atomic mass is 9.97. The lowest BCUT2D eigenvalue weighted by Gasteiger charge is -2.30. The first-order chi connectivity index (χ1) is 32.8. The average Bonchev–Trinajstić information content (AvgIpc) is 3.28. The summed E-state index contributed by atoms with van der Waals surface area (Å²) >= 11 is 0. The van der Waals surface area contributed by atoms with Gasteiger partial charge in [-0.25, -0.2) is 4.79 Å². The molecule has 0 unspecified atom stereocenters. The Labute approximate surface area is 409 Å². The molecule has 25 heteroatoms. The summed E-state index contributed by atoms with van der Waals surface area (Å²) in [4.78, 5) is 116. The molecule has 10 atom stereocenters. The molecule has 25 nitrogen and oxygen atoms in total. The van der Waals surface area contributed by atoms with Gasteiger partial charge in [0, 0.05) is 19.5 Å². The number of nitrogens with zero attached hydrogens (tertiary/aromatic N) is 2. The summed E-state index contributed by atoms with van der Waals surface area (Å²) in [6.45, 7) is 10.7. The Bertz CT molecular complexity index is 1930. The van der Waals surface area contributed by atoms with Gasteiger partial charge in [-0.1, -0.05) is 78.3 Å². The van der Waals surface area contributed by atoms with E-state index in [0.29, 0.717) is 18.4 Å². The third-order valence-electron chi connectivity index (χ3n) is 11.0. The normalized spacial score (nSPS) is 15.4. The first-order valence-corrected chi connectivity index (χ1v) is 23.4. The van der Waals surface area contributed by atoms with E-state index in [2.05, 4.69) is 47.2 Å². The van der Waals surface area contributed by atoms with E-state index in [4.69, 9.17) is 28.7 Å². The van der Waals surface area contributed by atoms with Gasteiger partial charge in [0.2, 0.25) is 41.4 Å². The third-order valence-corrected chi connectivity index (χ3v) is 11.0. The summed E-state index contributed by atoms with van der Waals surface area (Å²) in [6.07, 6.45) is -0.881. The van der Waals surface area contributed by atoms with Gasteiger partial charge in [0.25, 0.3) is 0 Å². The number of carboxylic acids is 1. The number of nitrogens with one attached hydrogen (secondary N) is 7. The number of carbonyl (C=O) groups excluding carboxylic acids is 7. The van der Waals surface area contributed by atoms with E-state index in [1.54, 1.807) is 58.0 Å². The van der Waals surface area contributed by atoms with E-state index >= 15 is 0 Å². The van der Waals surface area contributed by atoms with Crippen LogP contribution < -0.4 is 65.9 Å². The van der Waals surface area contributed by atoms with Gasteiger partial charge in [-0.2, -0.15) is 0 Å². The van der Waals surface area contributed by atoms with Crippen molar-refractivity contribution in [3.05, 3.63) is 35.9 Å². The van der Waals surface area contributed by atoms with Crippen molar-refractivity contribution in [3.63, 3.8) is 0 Å². The molecule has 1 rings (SSSR count). The molecule has 0 radical (unpaired) electrons. The Balaban J connectivity index is 3.42. The lowest BCUT2D eigenvalue weighted by molar-refractivity contribution is -0.143. The van der Waals surface area contributed by atoms with Crippen molar-refractivity contribution >= 4 is 59.2 Å². The maximum absolute atomic E-state index is 14.1. The van der Waals surface area contributed by atoms with Crippen molar-refractivity contribution in [3.8, 4) is 0 Å². The molecule has 0 saturated heterocycles. The number of aliphatic hydroxyl groups is 2. The molecule has 1 aromatic rings. The molecule has 0 spiro atoms. The smallest absolute Gasteiger partial charge is 0.326 e. The number of rotatable bonds is 32. The summed E-state index contributed by atoms with van der Waals surface area (Å²) in [7, 11) is 0. The van der Waals surface area contributed by atoms with Crippen molar-refractivity contribution in [1.29, 1.82) is 0 Å². The number of aliphatic imine (C=N–C) groups is 2. The van der Waals surface area contributed by atoms with E-state index in [1.807, 2.05) is 13.8 Å². The van der Waals surface area contributed by atoms with Crippen LogP contribution in [0.5, 0.6) is 0 Å². The number of hydrogen-bond donors (Lipinski definition) is 15. The Kier molecular flexibility index (Phi) is 27.6. The monoisotopic (exact) mass is 991 g/mol. The lowest BCUT2D eigenvalue weighted by Crippen LogP contribution is -2.62. The summed E-state index contributed by atoms with van der Waals surface area (Å²) in [5, 5.41) is 48.3. The Hall–Kier alpha value is -6.60. The fraction of sp³-hybridized carbons (Fsp3) is 0.644. The van der Waals surface area contributed by atoms with E-state index in [1.165, 1.54) is 6.92 Å². The number of nitrogens with two attached hydrogens (primary N) is 5. The fourth-order valence-electron chi connectivity index (χ4n) is 6.87. The highest BCUT2D eigenvalue weighted by Gasteiger charge is 2.37. The molecule has 70 heavy (non-hydrogen) atoms. The van der Waals surface area contributed by atoms with E-state index < -0.39 is 120 Å². The standard InChI is InChI=1S/C45H78N14O11/c1-8-25(6)34(41(67)59-35(26(7)61)42(68)55-31(43(69)70)21-27-14-10-9-11-15-27)58-39(65)32(22-60)56-38(64)29(16-12-18-51-44(47)48)53-37(63)30(17-13-19-52-45(49)50)54-40(66)33(24(4)5)57-36(62)28(46)20-23(2)3/h9-11,14-15,23-26,28-35,60-61H,8,12-13,16-22,46H2,1-7H3,(H,53,63)(H,54,66)(H,55,68)(H,56,64)(H,57,62)(H,58,65)(H,59,67)(H,69,70)(H4,47,48,51)(H4,49,50,52)/t25-,26+,28-,29-,30-,31-,32-,33-,34-,35-/m0/s1. The van der Waals surface area contributed by atoms with Gasteiger partial charge < -0.3 is 81.2 Å². The van der Waals surface area contributed by atoms with Gasteiger partial charge in [-0.05, 0) is 62.3 Å². The Morgan fingerprint density at radius 2 is 1.01 bits per heavy atom. The minimum Gasteiger partial charge on any atom is -0.480 e. The number of aliphatic carboxylic acids is 1. The van der Waals surface area contributed by atoms with Crippen LogP contribution in [0.3, 0.4) is 0 Å². The molecule has 7 amide bonds. The van der Waals surface area contributed by atoms with Gasteiger partial charge >= 0.3 is 5.97 Å². The second-order valence-electron chi connectivity index (χ2n) is 17.9. The first-order valence-electron chi connectivity index (χ1n) is 23.4. The van der Waals surface area contributed by atoms with Gasteiger partial charge in [0.1, 0.15) is 42.3 Å². The van der Waals surface area contributed by atoms with Crippen molar-refractivity contribution in [2.24, 2.45) is 56.4 Å². The zero-order valence-corrected chi connectivity index (χ0v) is 41.3. The summed E-state index contributed by atoms with van der Waals surface area (Å²) in [5.74, 6) is -8.93. The van der Waals surface area contributed by atoms with Crippen LogP contribution in [0.25, 0.3) is 0 Å². The number of amides is 7. The molecule has 0 aliphatic rings. The highest BCUT2D eigenvalue weighted by Crippen LogP contribution is 2.12. The molecule has 0 heterocycles. The van der Waals surface area contributed by atoms with E-state index in [0.717, 1.165) is 0 Å². The summed E-state index contributed by atoms with van der Waals surface area (Å²) in [6, 6.07) is -2.56. The van der Waals surface area contributed by atoms with Crippen LogP contribution in [-0.4, -0.2) is 149 Å². The second kappa shape index (κ2) is 31.5. The molecular weight excluding hydrogens is 913 g/mol. The van der Waals surface area contributed by atoms with Crippen LogP contribution in [0.4, 0.5) is 0 Å². The van der Waals surface area contributed by atoms with Crippen LogP contribution in [0.1, 0.15) is 92.6 Å². The van der Waals surface area contributed by atoms with Crippen LogP contribution >= 0.6 is 0 Å². The zero-order chi connectivity index (χ0) is 53.2. The van der Waals surface area contributed by atoms with Gasteiger partial charge in [0.15, 0.2) is 11.9 Å². The number of aliphatic hydroxyl groups excluding tert-OH is 2. The van der Waals surface area contributed by atoms with Crippen LogP contribution in [0, 0.1) is 17.8 Å². The fourth-order valence-corrected chi connectivity index (χ4v) is 6.87. The number of hydrogen-bond acceptors (Lipinski definition) is 13. The number of carbonyl (C=O) groups is 8. The average molecular weight is 991 g/mol. The molecular formula is C45H78N14O11. The molecule has 0 bridgehead atoms. The predicted octanol–water partition coefficient (Wildman–Crippen LogP) is -3.74. The summed E-state index contributed by atoms with van der Waals surface area (Å²) in [5.41, 5.74) is 28.6. The summed E-state index contributed by atoms with van der Waals surface area (Å²) < 4.78 is 0. The molecule has 394 valence electrons. The van der Waals surface area contributed by atoms with Crippen LogP contribution in [-0.2, 0) is 44.8 Å². The zero-order valence-electron chi connectivity index (χ0n) is 41.3. The molecule has 0 saturated carbocycles. The maximum atomic E-state index is 14.1. The Morgan fingerprint density at radius 3 is 1.46 bits per heavy atom. The van der Waals surface area contributed by atoms with E-state index in [9.17, 15) is 53.7 Å². The number of benzene rings is 1. The van der Waals surface area contributed by atoms with Crippen LogP contribution in [0.15, 0.2) is 40.3 Å². The molecule has 0 aliphatic carbocycles. The molecule has 0 aromatic heterocycles. The van der Waals surface area contributed by atoms with Gasteiger partial charge in [-0.3, -0.25) is 43.5 Å². The maximum Gasteiger partial charge on any atom is 0.326 e. The first kappa shape index (κ1) is 61.4. The van der Waals surface area contributed by atoms with Gasteiger partial charge in [0.05, 0.1) is 18.8 Å². The highest BCUT2D eigenvalue weighted by molar-refractivity contribution is 5.98. The van der Waals surface area contributed by atoms with Crippen molar-refractivity contribution in [2.75, 3.05) is 19.7 Å². The minimum absolute atomic E-state index is 0.0143. The Morgan fingerprint density at radius 1 is 0.586 bits per heavy atom. The van der Waals surface area contributed by atoms with Crippen molar-refractivity contribution in [1.82, 2.24) is 37.2 Å². The largest absolute Gasteiger partial charge is 0.480 e. The van der Waals surface area contributed by atoms with E-state index in [-0.39, 0.29) is 63.0 Å². The van der Waals surface area contributed by atoms with Gasteiger partial charge in [-0.15, -0.1) is 0 Å². The van der Waals surface area contributed by atoms with Crippen LogP contribution in [0.2, 0.25) is 0 Å². The molecule has 0 aliphatic heterocycles. The quantitative estimate of drug-likeness (QED) is 0.0187. The SMILES string of the molecule is CC[C@H](C)[C@H](NC(=O)[C@H](CO)NC(=O)[C@H](CCCN=C(N)N)NC(=O)[C@H](CCCN=C(N)N)NC(=O)[C@@H](NC(=O)[C@@H](N)CC(C)C)C(C)C)C(=O)N[C@H](C(=O)N[C@@H](Cc1ccccc1)C(=O)O)[C@@H](C)O. The molecule has 0 fully saturated rings. The minimum atomic E-state index is -1.72. The third kappa shape index (κ3) is 22.7. The number of guanidine groups is 2. The van der Waals surface area contributed by atoms with Crippen molar-refractivity contribution < 1.29 is 53.7 Å². The highest BCUT2D eigenvalue weighted by atomic mass is 16.4.